The van der Waals surface area contributed by atoms with Crippen molar-refractivity contribution in [3.8, 4) is 11.5 Å². The van der Waals surface area contributed by atoms with Gasteiger partial charge in [0.15, 0.2) is 22.1 Å². The molecule has 0 saturated carbocycles. The molecule has 1 unspecified atom stereocenters. The number of imidazole rings is 1. The van der Waals surface area contributed by atoms with Crippen LogP contribution in [0.3, 0.4) is 0 Å². The zero-order chi connectivity index (χ0) is 22.3. The summed E-state index contributed by atoms with van der Waals surface area (Å²) in [6, 6.07) is 17.3. The highest BCUT2D eigenvalue weighted by Gasteiger charge is 2.17. The topological polar surface area (TPSA) is 108 Å². The van der Waals surface area contributed by atoms with Gasteiger partial charge >= 0.3 is 0 Å². The van der Waals surface area contributed by atoms with Crippen molar-refractivity contribution in [3.63, 3.8) is 0 Å². The second kappa shape index (κ2) is 10.3. The summed E-state index contributed by atoms with van der Waals surface area (Å²) < 4.78 is 13.5. The van der Waals surface area contributed by atoms with Crippen LogP contribution in [0.25, 0.3) is 11.2 Å². The molecule has 0 aliphatic carbocycles. The fourth-order valence-corrected chi connectivity index (χ4v) is 3.99. The smallest absolute Gasteiger partial charge is 0.170 e. The van der Waals surface area contributed by atoms with Gasteiger partial charge in [-0.15, -0.1) is 0 Å². The number of hydrogen-bond donors (Lipinski definition) is 2. The SMILES string of the molecule is Cc1ccc(OCCn2c(SCC(O)COc3ccccc3)nc3c(N)ncnc32)cc1. The lowest BCUT2D eigenvalue weighted by atomic mass is 10.2. The number of fused-ring (bicyclic) bond motifs is 1. The van der Waals surface area contributed by atoms with Gasteiger partial charge in [0, 0.05) is 5.75 Å². The van der Waals surface area contributed by atoms with E-state index >= 15 is 0 Å². The largest absolute Gasteiger partial charge is 0.492 e. The Kier molecular flexibility index (Phi) is 7.08. The van der Waals surface area contributed by atoms with Crippen LogP contribution in [0.15, 0.2) is 66.1 Å². The van der Waals surface area contributed by atoms with Gasteiger partial charge in [0.05, 0.1) is 12.6 Å². The number of ether oxygens (including phenoxy) is 2. The maximum absolute atomic E-state index is 10.4. The summed E-state index contributed by atoms with van der Waals surface area (Å²) in [6.07, 6.45) is 0.758. The van der Waals surface area contributed by atoms with Crippen LogP contribution in [0.1, 0.15) is 5.56 Å². The summed E-state index contributed by atoms with van der Waals surface area (Å²) in [5.74, 6) is 2.25. The first-order valence-corrected chi connectivity index (χ1v) is 11.2. The number of benzene rings is 2. The molecule has 4 rings (SSSR count). The maximum Gasteiger partial charge on any atom is 0.170 e. The second-order valence-corrected chi connectivity index (χ2v) is 8.21. The molecule has 8 nitrogen and oxygen atoms in total. The number of anilines is 1. The second-order valence-electron chi connectivity index (χ2n) is 7.23. The van der Waals surface area contributed by atoms with Gasteiger partial charge in [-0.25, -0.2) is 15.0 Å². The highest BCUT2D eigenvalue weighted by molar-refractivity contribution is 7.99. The molecule has 0 saturated heterocycles. The third-order valence-electron chi connectivity index (χ3n) is 4.72. The van der Waals surface area contributed by atoms with Crippen molar-refractivity contribution < 1.29 is 14.6 Å². The number of aromatic nitrogens is 4. The zero-order valence-corrected chi connectivity index (χ0v) is 18.5. The van der Waals surface area contributed by atoms with Crippen LogP contribution in [0.5, 0.6) is 11.5 Å². The molecule has 9 heteroatoms. The maximum atomic E-state index is 10.4. The molecule has 0 aliphatic heterocycles. The van der Waals surface area contributed by atoms with Gasteiger partial charge in [-0.05, 0) is 31.2 Å². The van der Waals surface area contributed by atoms with Crippen molar-refractivity contribution in [1.29, 1.82) is 0 Å². The minimum Gasteiger partial charge on any atom is -0.492 e. The van der Waals surface area contributed by atoms with Gasteiger partial charge in [-0.2, -0.15) is 0 Å². The van der Waals surface area contributed by atoms with Crippen LogP contribution in [0.2, 0.25) is 0 Å². The highest BCUT2D eigenvalue weighted by Crippen LogP contribution is 2.26. The van der Waals surface area contributed by atoms with E-state index in [0.29, 0.717) is 41.0 Å². The Hall–Kier alpha value is -3.30. The van der Waals surface area contributed by atoms with E-state index in [9.17, 15) is 5.11 Å². The Labute approximate surface area is 190 Å². The monoisotopic (exact) mass is 451 g/mol. The van der Waals surface area contributed by atoms with Crippen LogP contribution < -0.4 is 15.2 Å². The molecule has 0 aliphatic rings. The molecule has 0 radical (unpaired) electrons. The van der Waals surface area contributed by atoms with Crippen LogP contribution in [0.4, 0.5) is 5.82 Å². The van der Waals surface area contributed by atoms with Crippen molar-refractivity contribution >= 4 is 28.7 Å². The molecule has 32 heavy (non-hydrogen) atoms. The molecule has 2 aromatic carbocycles. The summed E-state index contributed by atoms with van der Waals surface area (Å²) in [4.78, 5) is 13.0. The zero-order valence-electron chi connectivity index (χ0n) is 17.7. The van der Waals surface area contributed by atoms with E-state index in [4.69, 9.17) is 15.2 Å². The molecule has 0 bridgehead atoms. The Morgan fingerprint density at radius 2 is 1.78 bits per heavy atom. The quantitative estimate of drug-likeness (QED) is 0.354. The van der Waals surface area contributed by atoms with E-state index in [1.54, 1.807) is 0 Å². The number of aliphatic hydroxyl groups is 1. The first kappa shape index (κ1) is 21.9. The Morgan fingerprint density at radius 3 is 2.56 bits per heavy atom. The van der Waals surface area contributed by atoms with Gasteiger partial charge in [0.1, 0.15) is 31.0 Å². The minimum atomic E-state index is -0.666. The van der Waals surface area contributed by atoms with Gasteiger partial charge in [-0.1, -0.05) is 47.7 Å². The molecule has 0 amide bonds. The van der Waals surface area contributed by atoms with E-state index in [2.05, 4.69) is 15.0 Å². The van der Waals surface area contributed by atoms with Crippen molar-refractivity contribution in [1.82, 2.24) is 19.5 Å². The molecule has 166 valence electrons. The van der Waals surface area contributed by atoms with Gasteiger partial charge in [0.25, 0.3) is 0 Å². The van der Waals surface area contributed by atoms with Gasteiger partial charge in [0.2, 0.25) is 0 Å². The molecular formula is C23H25N5O3S. The number of nitrogen functional groups attached to an aromatic ring is 1. The van der Waals surface area contributed by atoms with E-state index < -0.39 is 6.10 Å². The molecule has 2 aromatic heterocycles. The van der Waals surface area contributed by atoms with Crippen molar-refractivity contribution in [2.24, 2.45) is 0 Å². The first-order valence-electron chi connectivity index (χ1n) is 10.2. The summed E-state index contributed by atoms with van der Waals surface area (Å²) in [6.45, 7) is 3.19. The first-order chi connectivity index (χ1) is 15.6. The summed E-state index contributed by atoms with van der Waals surface area (Å²) in [5, 5.41) is 11.1. The third kappa shape index (κ3) is 5.49. The Bertz CT molecular complexity index is 1150. The predicted molar refractivity (Wildman–Crippen MR) is 125 cm³/mol. The van der Waals surface area contributed by atoms with Crippen LogP contribution >= 0.6 is 11.8 Å². The number of nitrogens with zero attached hydrogens (tertiary/aromatic N) is 4. The summed E-state index contributed by atoms with van der Waals surface area (Å²) in [5.41, 5.74) is 8.37. The third-order valence-corrected chi connectivity index (χ3v) is 5.84. The number of aliphatic hydroxyl groups excluding tert-OH is 1. The predicted octanol–water partition coefficient (Wildman–Crippen LogP) is 3.33. The number of nitrogens with two attached hydrogens (primary N) is 1. The van der Waals surface area contributed by atoms with E-state index in [1.165, 1.54) is 23.7 Å². The Morgan fingerprint density at radius 1 is 1.03 bits per heavy atom. The minimum absolute atomic E-state index is 0.190. The summed E-state index contributed by atoms with van der Waals surface area (Å²) >= 11 is 1.42. The van der Waals surface area contributed by atoms with Crippen molar-refractivity contribution in [2.75, 3.05) is 24.7 Å². The molecule has 0 fully saturated rings. The number of hydrogen-bond acceptors (Lipinski definition) is 8. The molecule has 3 N–H and O–H groups in total. The van der Waals surface area contributed by atoms with Crippen molar-refractivity contribution in [3.05, 3.63) is 66.5 Å². The number of thioether (sulfide) groups is 1. The molecule has 0 spiro atoms. The van der Waals surface area contributed by atoms with E-state index in [-0.39, 0.29) is 6.61 Å². The molecular weight excluding hydrogens is 426 g/mol. The van der Waals surface area contributed by atoms with Crippen LogP contribution in [-0.2, 0) is 6.54 Å². The number of para-hydroxylation sites is 1. The molecule has 2 heterocycles. The molecule has 4 aromatic rings. The molecule has 1 atom stereocenters. The fourth-order valence-electron chi connectivity index (χ4n) is 3.06. The van der Waals surface area contributed by atoms with E-state index in [1.807, 2.05) is 66.1 Å². The average Bonchev–Trinajstić information content (AvgIpc) is 3.17. The van der Waals surface area contributed by atoms with Gasteiger partial charge < -0.3 is 24.9 Å². The lowest BCUT2D eigenvalue weighted by Gasteiger charge is -2.13. The lowest BCUT2D eigenvalue weighted by Crippen LogP contribution is -2.20. The standard InChI is InChI=1S/C23H25N5O3S/c1-16-7-9-19(10-8-16)30-12-11-28-22-20(21(24)25-15-26-22)27-23(28)32-14-17(29)13-31-18-5-3-2-4-6-18/h2-10,15,17,29H,11-14H2,1H3,(H2,24,25,26). The van der Waals surface area contributed by atoms with Crippen LogP contribution in [0, 0.1) is 6.92 Å². The number of rotatable bonds is 10. The van der Waals surface area contributed by atoms with E-state index in [0.717, 1.165) is 11.5 Å². The van der Waals surface area contributed by atoms with Gasteiger partial charge in [-0.3, -0.25) is 0 Å². The van der Waals surface area contributed by atoms with Crippen molar-refractivity contribution in [2.45, 2.75) is 24.7 Å². The summed E-state index contributed by atoms with van der Waals surface area (Å²) in [7, 11) is 0. The fraction of sp³-hybridized carbons (Fsp3) is 0.261. The van der Waals surface area contributed by atoms with Crippen LogP contribution in [-0.4, -0.2) is 49.7 Å². The average molecular weight is 452 g/mol. The highest BCUT2D eigenvalue weighted by atomic mass is 32.2. The lowest BCUT2D eigenvalue weighted by molar-refractivity contribution is 0.126. The number of aryl methyl sites for hydroxylation is 1. The Balaban J connectivity index is 1.41. The normalized spacial score (nSPS) is 12.1.